The molecule has 0 unspecified atom stereocenters. The lowest BCUT2D eigenvalue weighted by atomic mass is 10.2. The number of nitrogens with one attached hydrogen (secondary N) is 1. The molecule has 2 nitrogen and oxygen atoms in total. The molecule has 70 valence electrons. The van der Waals surface area contributed by atoms with E-state index in [-0.39, 0.29) is 5.72 Å². The summed E-state index contributed by atoms with van der Waals surface area (Å²) in [6.07, 6.45) is 2.22. The van der Waals surface area contributed by atoms with E-state index < -0.39 is 0 Å². The van der Waals surface area contributed by atoms with Gasteiger partial charge in [0.1, 0.15) is 5.72 Å². The van der Waals surface area contributed by atoms with Crippen molar-refractivity contribution in [2.45, 2.75) is 25.5 Å². The van der Waals surface area contributed by atoms with Crippen molar-refractivity contribution in [1.29, 1.82) is 0 Å². The molecule has 0 heterocycles. The molecule has 2 heteroatoms. The molecule has 1 N–H and O–H groups in total. The molecule has 1 aromatic rings. The molecular weight excluding hydrogens is 162 g/mol. The van der Waals surface area contributed by atoms with Gasteiger partial charge < -0.3 is 10.1 Å². The first-order valence-corrected chi connectivity index (χ1v) is 4.65. The summed E-state index contributed by atoms with van der Waals surface area (Å²) in [4.78, 5) is 0. The van der Waals surface area contributed by atoms with Crippen molar-refractivity contribution in [3.63, 3.8) is 0 Å². The molecule has 0 bridgehead atoms. The summed E-state index contributed by atoms with van der Waals surface area (Å²) in [6.45, 7) is 2.11. The van der Waals surface area contributed by atoms with Gasteiger partial charge in [0.2, 0.25) is 0 Å². The van der Waals surface area contributed by atoms with Crippen molar-refractivity contribution in [3.8, 4) is 0 Å². The maximum Gasteiger partial charge on any atom is 0.138 e. The normalized spacial score (nSPS) is 18.3. The van der Waals surface area contributed by atoms with Crippen molar-refractivity contribution in [2.24, 2.45) is 0 Å². The summed E-state index contributed by atoms with van der Waals surface area (Å²) in [5, 5.41) is 3.43. The molecule has 0 atom stereocenters. The fourth-order valence-corrected chi connectivity index (χ4v) is 1.45. The first-order chi connectivity index (χ1) is 6.26. The van der Waals surface area contributed by atoms with Crippen molar-refractivity contribution >= 4 is 5.69 Å². The van der Waals surface area contributed by atoms with Crippen LogP contribution in [0.5, 0.6) is 0 Å². The molecule has 0 aliphatic heterocycles. The monoisotopic (exact) mass is 177 g/mol. The quantitative estimate of drug-likeness (QED) is 0.716. The van der Waals surface area contributed by atoms with Gasteiger partial charge in [0.25, 0.3) is 0 Å². The van der Waals surface area contributed by atoms with Crippen LogP contribution in [0.4, 0.5) is 5.69 Å². The minimum atomic E-state index is -0.0634. The van der Waals surface area contributed by atoms with Crippen LogP contribution in [0.3, 0.4) is 0 Å². The third kappa shape index (κ3) is 1.68. The van der Waals surface area contributed by atoms with Gasteiger partial charge in [-0.2, -0.15) is 0 Å². The number of aryl methyl sites for hydroxylation is 1. The Morgan fingerprint density at radius 3 is 2.54 bits per heavy atom. The smallest absolute Gasteiger partial charge is 0.138 e. The predicted molar refractivity (Wildman–Crippen MR) is 53.8 cm³/mol. The minimum absolute atomic E-state index is 0.0634. The molecule has 0 radical (unpaired) electrons. The molecule has 0 aromatic heterocycles. The maximum absolute atomic E-state index is 5.40. The topological polar surface area (TPSA) is 21.3 Å². The number of methoxy groups -OCH3 is 1. The maximum atomic E-state index is 5.40. The van der Waals surface area contributed by atoms with Crippen molar-refractivity contribution in [3.05, 3.63) is 29.8 Å². The van der Waals surface area contributed by atoms with Crippen LogP contribution >= 0.6 is 0 Å². The number of ether oxygens (including phenoxy) is 1. The fraction of sp³-hybridized carbons (Fsp3) is 0.455. The lowest BCUT2D eigenvalue weighted by Crippen LogP contribution is -2.23. The molecule has 0 spiro atoms. The lowest BCUT2D eigenvalue weighted by Gasteiger charge is -2.18. The molecule has 13 heavy (non-hydrogen) atoms. The third-order valence-electron chi connectivity index (χ3n) is 2.60. The Balaban J connectivity index is 2.14. The van der Waals surface area contributed by atoms with E-state index in [1.165, 1.54) is 11.3 Å². The first kappa shape index (κ1) is 8.57. The van der Waals surface area contributed by atoms with Crippen molar-refractivity contribution < 1.29 is 4.74 Å². The summed E-state index contributed by atoms with van der Waals surface area (Å²) < 4.78 is 5.40. The predicted octanol–water partition coefficient (Wildman–Crippen LogP) is 2.54. The van der Waals surface area contributed by atoms with E-state index in [2.05, 4.69) is 24.4 Å². The highest BCUT2D eigenvalue weighted by atomic mass is 16.5. The second-order valence-electron chi connectivity index (χ2n) is 3.64. The van der Waals surface area contributed by atoms with E-state index in [1.54, 1.807) is 7.11 Å². The van der Waals surface area contributed by atoms with Gasteiger partial charge in [-0.05, 0) is 31.4 Å². The van der Waals surface area contributed by atoms with Gasteiger partial charge in [-0.3, -0.25) is 0 Å². The average Bonchev–Trinajstić information content (AvgIpc) is 2.90. The van der Waals surface area contributed by atoms with Gasteiger partial charge in [-0.1, -0.05) is 18.2 Å². The first-order valence-electron chi connectivity index (χ1n) is 4.65. The Morgan fingerprint density at radius 2 is 2.00 bits per heavy atom. The molecule has 0 saturated heterocycles. The molecule has 2 rings (SSSR count). The van der Waals surface area contributed by atoms with Crippen LogP contribution in [0.1, 0.15) is 18.4 Å². The number of benzene rings is 1. The summed E-state index contributed by atoms with van der Waals surface area (Å²) in [5.41, 5.74) is 2.39. The lowest BCUT2D eigenvalue weighted by molar-refractivity contribution is 0.104. The van der Waals surface area contributed by atoms with Crippen LogP contribution in [0.15, 0.2) is 24.3 Å². The molecule has 1 aromatic carbocycles. The Labute approximate surface area is 78.9 Å². The fourth-order valence-electron chi connectivity index (χ4n) is 1.45. The average molecular weight is 177 g/mol. The summed E-state index contributed by atoms with van der Waals surface area (Å²) >= 11 is 0. The molecule has 1 saturated carbocycles. The van der Waals surface area contributed by atoms with E-state index >= 15 is 0 Å². The highest BCUT2D eigenvalue weighted by molar-refractivity contribution is 5.52. The van der Waals surface area contributed by atoms with Gasteiger partial charge in [-0.25, -0.2) is 0 Å². The van der Waals surface area contributed by atoms with E-state index in [0.29, 0.717) is 0 Å². The molecule has 1 aliphatic rings. The van der Waals surface area contributed by atoms with Gasteiger partial charge in [0.05, 0.1) is 0 Å². The zero-order chi connectivity index (χ0) is 9.31. The van der Waals surface area contributed by atoms with Crippen LogP contribution in [0.25, 0.3) is 0 Å². The number of para-hydroxylation sites is 1. The largest absolute Gasteiger partial charge is 0.359 e. The van der Waals surface area contributed by atoms with E-state index in [1.807, 2.05) is 12.1 Å². The zero-order valence-electron chi connectivity index (χ0n) is 8.13. The van der Waals surface area contributed by atoms with Gasteiger partial charge >= 0.3 is 0 Å². The standard InChI is InChI=1S/C11H15NO/c1-9-5-3-4-6-10(9)12-11(13-2)7-8-11/h3-6,12H,7-8H2,1-2H3. The van der Waals surface area contributed by atoms with Crippen molar-refractivity contribution in [1.82, 2.24) is 0 Å². The van der Waals surface area contributed by atoms with Crippen LogP contribution < -0.4 is 5.32 Å². The Morgan fingerprint density at radius 1 is 1.31 bits per heavy atom. The highest BCUT2D eigenvalue weighted by Crippen LogP contribution is 2.39. The van der Waals surface area contributed by atoms with E-state index in [4.69, 9.17) is 4.74 Å². The molecule has 1 fully saturated rings. The number of anilines is 1. The van der Waals surface area contributed by atoms with E-state index in [9.17, 15) is 0 Å². The van der Waals surface area contributed by atoms with Crippen molar-refractivity contribution in [2.75, 3.05) is 12.4 Å². The number of hydrogen-bond acceptors (Lipinski definition) is 2. The summed E-state index contributed by atoms with van der Waals surface area (Å²) in [7, 11) is 1.76. The summed E-state index contributed by atoms with van der Waals surface area (Å²) in [5.74, 6) is 0. The molecular formula is C11H15NO. The Hall–Kier alpha value is -1.02. The van der Waals surface area contributed by atoms with E-state index in [0.717, 1.165) is 12.8 Å². The van der Waals surface area contributed by atoms with Gasteiger partial charge in [0.15, 0.2) is 0 Å². The number of hydrogen-bond donors (Lipinski definition) is 1. The SMILES string of the molecule is COC1(Nc2ccccc2C)CC1. The van der Waals surface area contributed by atoms with Gasteiger partial charge in [-0.15, -0.1) is 0 Å². The van der Waals surface area contributed by atoms with Crippen LogP contribution in [-0.2, 0) is 4.74 Å². The Kier molecular flexibility index (Phi) is 2.00. The minimum Gasteiger partial charge on any atom is -0.359 e. The summed E-state index contributed by atoms with van der Waals surface area (Å²) in [6, 6.07) is 8.29. The zero-order valence-corrected chi connectivity index (χ0v) is 8.13. The van der Waals surface area contributed by atoms with Crippen LogP contribution in [-0.4, -0.2) is 12.8 Å². The van der Waals surface area contributed by atoms with Crippen LogP contribution in [0.2, 0.25) is 0 Å². The second kappa shape index (κ2) is 3.04. The Bertz CT molecular complexity index is 305. The molecule has 0 amide bonds. The second-order valence-corrected chi connectivity index (χ2v) is 3.64. The number of rotatable bonds is 3. The third-order valence-corrected chi connectivity index (χ3v) is 2.60. The highest BCUT2D eigenvalue weighted by Gasteiger charge is 2.43. The molecule has 1 aliphatic carbocycles. The van der Waals surface area contributed by atoms with Crippen LogP contribution in [0, 0.1) is 6.92 Å². The van der Waals surface area contributed by atoms with Gasteiger partial charge in [0, 0.05) is 12.8 Å².